The monoisotopic (exact) mass is 367 g/mol. The number of amides is 1. The van der Waals surface area contributed by atoms with Crippen molar-refractivity contribution in [1.82, 2.24) is 5.32 Å². The molecule has 2 rings (SSSR count). The van der Waals surface area contributed by atoms with Gasteiger partial charge in [0.25, 0.3) is 5.91 Å². The van der Waals surface area contributed by atoms with Gasteiger partial charge < -0.3 is 10.4 Å². The molecule has 2 N–H and O–H groups in total. The fourth-order valence-corrected chi connectivity index (χ4v) is 2.48. The number of carbonyl (C=O) groups excluding carboxylic acids is 1. The maximum Gasteiger partial charge on any atom is 0.416 e. The molecule has 1 atom stereocenters. The summed E-state index contributed by atoms with van der Waals surface area (Å²) >= 11 is 0. The molecular weight excluding hydrogens is 352 g/mol. The Morgan fingerprint density at radius 2 is 1.64 bits per heavy atom. The molecule has 0 saturated carbocycles. The van der Waals surface area contributed by atoms with Crippen molar-refractivity contribution in [3.63, 3.8) is 0 Å². The van der Waals surface area contributed by atoms with Crippen LogP contribution in [0, 0.1) is 0 Å². The van der Waals surface area contributed by atoms with Crippen LogP contribution in [0.25, 0.3) is 0 Å². The Morgan fingerprint density at radius 1 is 1.08 bits per heavy atom. The first-order valence-electron chi connectivity index (χ1n) is 7.38. The number of hydrogen-bond donors (Lipinski definition) is 2. The summed E-state index contributed by atoms with van der Waals surface area (Å²) in [5.74, 6) is -1.12. The van der Waals surface area contributed by atoms with E-state index < -0.39 is 40.6 Å². The molecule has 1 aliphatic carbocycles. The smallest absolute Gasteiger partial charge is 0.384 e. The minimum absolute atomic E-state index is 0.0474. The van der Waals surface area contributed by atoms with Gasteiger partial charge >= 0.3 is 12.4 Å². The van der Waals surface area contributed by atoms with Gasteiger partial charge in [0.15, 0.2) is 0 Å². The van der Waals surface area contributed by atoms with Crippen molar-refractivity contribution in [2.75, 3.05) is 6.54 Å². The van der Waals surface area contributed by atoms with Crippen LogP contribution in [0.5, 0.6) is 0 Å². The van der Waals surface area contributed by atoms with Crippen molar-refractivity contribution >= 4 is 5.91 Å². The van der Waals surface area contributed by atoms with Crippen molar-refractivity contribution in [2.45, 2.75) is 37.2 Å². The molecule has 138 valence electrons. The van der Waals surface area contributed by atoms with Crippen LogP contribution in [0.1, 0.15) is 40.7 Å². The minimum Gasteiger partial charge on any atom is -0.384 e. The summed E-state index contributed by atoms with van der Waals surface area (Å²) in [6, 6.07) is 0.658. The highest BCUT2D eigenvalue weighted by Crippen LogP contribution is 2.36. The molecule has 0 bridgehead atoms. The normalized spacial score (nSPS) is 21.2. The molecular formula is C16H15F6NO2. The van der Waals surface area contributed by atoms with Crippen molar-refractivity contribution in [3.8, 4) is 0 Å². The van der Waals surface area contributed by atoms with E-state index >= 15 is 0 Å². The van der Waals surface area contributed by atoms with E-state index in [0.717, 1.165) is 6.42 Å². The number of aliphatic hydroxyl groups is 1. The predicted molar refractivity (Wildman–Crippen MR) is 76.7 cm³/mol. The second kappa shape index (κ2) is 6.70. The SMILES string of the molecule is O=C(NCC1(O)C=CCCC1)c1cc(C(F)(F)F)cc(C(F)(F)F)c1. The summed E-state index contributed by atoms with van der Waals surface area (Å²) < 4.78 is 76.7. The average Bonchev–Trinajstić information content (AvgIpc) is 2.51. The molecule has 0 aliphatic heterocycles. The summed E-state index contributed by atoms with van der Waals surface area (Å²) in [5.41, 5.74) is -5.26. The fraction of sp³-hybridized carbons (Fsp3) is 0.438. The van der Waals surface area contributed by atoms with Crippen LogP contribution in [0.2, 0.25) is 0 Å². The van der Waals surface area contributed by atoms with E-state index in [0.29, 0.717) is 25.0 Å². The van der Waals surface area contributed by atoms with Gasteiger partial charge in [-0.3, -0.25) is 4.79 Å². The number of nitrogens with one attached hydrogen (secondary N) is 1. The van der Waals surface area contributed by atoms with Gasteiger partial charge in [-0.05, 0) is 37.5 Å². The zero-order chi connectivity index (χ0) is 18.9. The van der Waals surface area contributed by atoms with E-state index in [4.69, 9.17) is 0 Å². The first-order valence-corrected chi connectivity index (χ1v) is 7.38. The van der Waals surface area contributed by atoms with Gasteiger partial charge in [-0.2, -0.15) is 26.3 Å². The Hall–Kier alpha value is -2.03. The Bertz CT molecular complexity index is 648. The highest BCUT2D eigenvalue weighted by molar-refractivity contribution is 5.94. The predicted octanol–water partition coefficient (Wildman–Crippen LogP) is 3.93. The molecule has 3 nitrogen and oxygen atoms in total. The maximum absolute atomic E-state index is 12.8. The van der Waals surface area contributed by atoms with Gasteiger partial charge in [0, 0.05) is 5.56 Å². The summed E-state index contributed by atoms with van der Waals surface area (Å²) in [6.45, 7) is -0.306. The molecule has 0 saturated heterocycles. The first kappa shape index (κ1) is 19.3. The highest BCUT2D eigenvalue weighted by atomic mass is 19.4. The lowest BCUT2D eigenvalue weighted by Crippen LogP contribution is -2.42. The minimum atomic E-state index is -5.03. The Labute approximate surface area is 139 Å². The summed E-state index contributed by atoms with van der Waals surface area (Å²) in [6.07, 6.45) is -5.16. The van der Waals surface area contributed by atoms with Crippen molar-refractivity contribution in [1.29, 1.82) is 0 Å². The molecule has 1 aromatic carbocycles. The van der Waals surface area contributed by atoms with Gasteiger partial charge in [0.1, 0.15) is 0 Å². The quantitative estimate of drug-likeness (QED) is 0.628. The summed E-state index contributed by atoms with van der Waals surface area (Å²) in [7, 11) is 0. The molecule has 0 radical (unpaired) electrons. The Kier molecular flexibility index (Phi) is 5.17. The van der Waals surface area contributed by atoms with Crippen molar-refractivity contribution < 1.29 is 36.2 Å². The molecule has 0 fully saturated rings. The second-order valence-electron chi connectivity index (χ2n) is 5.88. The molecule has 1 aliphatic rings. The zero-order valence-corrected chi connectivity index (χ0v) is 12.8. The van der Waals surface area contributed by atoms with Crippen LogP contribution in [0.4, 0.5) is 26.3 Å². The largest absolute Gasteiger partial charge is 0.416 e. The third kappa shape index (κ3) is 4.97. The van der Waals surface area contributed by atoms with E-state index in [2.05, 4.69) is 5.32 Å². The standard InChI is InChI=1S/C16H15F6NO2/c17-15(18,19)11-6-10(7-12(8-11)16(20,21)22)13(24)23-9-14(25)4-2-1-3-5-14/h2,4,6-8,25H,1,3,5,9H2,(H,23,24). The van der Waals surface area contributed by atoms with Crippen molar-refractivity contribution in [2.24, 2.45) is 0 Å². The topological polar surface area (TPSA) is 49.3 Å². The van der Waals surface area contributed by atoms with E-state index in [1.807, 2.05) is 0 Å². The van der Waals surface area contributed by atoms with E-state index in [9.17, 15) is 36.2 Å². The molecule has 25 heavy (non-hydrogen) atoms. The highest BCUT2D eigenvalue weighted by Gasteiger charge is 2.37. The van der Waals surface area contributed by atoms with Crippen LogP contribution < -0.4 is 5.32 Å². The van der Waals surface area contributed by atoms with E-state index in [1.54, 1.807) is 6.08 Å². The van der Waals surface area contributed by atoms with Gasteiger partial charge in [-0.1, -0.05) is 12.2 Å². The van der Waals surface area contributed by atoms with Crippen LogP contribution in [-0.2, 0) is 12.4 Å². The maximum atomic E-state index is 12.8. The number of hydrogen-bond acceptors (Lipinski definition) is 2. The van der Waals surface area contributed by atoms with Gasteiger partial charge in [-0.25, -0.2) is 0 Å². The van der Waals surface area contributed by atoms with Gasteiger partial charge in [-0.15, -0.1) is 0 Å². The zero-order valence-electron chi connectivity index (χ0n) is 12.8. The molecule has 0 heterocycles. The third-order valence-corrected chi connectivity index (χ3v) is 3.81. The molecule has 1 aromatic rings. The van der Waals surface area contributed by atoms with Gasteiger partial charge in [0.2, 0.25) is 0 Å². The number of benzene rings is 1. The van der Waals surface area contributed by atoms with Crippen LogP contribution in [0.15, 0.2) is 30.4 Å². The van der Waals surface area contributed by atoms with Gasteiger partial charge in [0.05, 0.1) is 23.3 Å². The molecule has 1 amide bonds. The van der Waals surface area contributed by atoms with Crippen LogP contribution in [-0.4, -0.2) is 23.2 Å². The lowest BCUT2D eigenvalue weighted by atomic mass is 9.91. The molecule has 1 unspecified atom stereocenters. The number of carbonyl (C=O) groups is 1. The molecule has 0 spiro atoms. The second-order valence-corrected chi connectivity index (χ2v) is 5.88. The average molecular weight is 367 g/mol. The number of allylic oxidation sites excluding steroid dienone is 1. The molecule has 9 heteroatoms. The Balaban J connectivity index is 2.26. The van der Waals surface area contributed by atoms with E-state index in [-0.39, 0.29) is 12.6 Å². The number of halogens is 6. The lowest BCUT2D eigenvalue weighted by molar-refractivity contribution is -0.143. The fourth-order valence-electron chi connectivity index (χ4n) is 2.48. The van der Waals surface area contributed by atoms with Crippen LogP contribution >= 0.6 is 0 Å². The number of rotatable bonds is 3. The summed E-state index contributed by atoms with van der Waals surface area (Å²) in [4.78, 5) is 12.0. The van der Waals surface area contributed by atoms with Crippen molar-refractivity contribution in [3.05, 3.63) is 47.0 Å². The van der Waals surface area contributed by atoms with E-state index in [1.165, 1.54) is 6.08 Å². The molecule has 0 aromatic heterocycles. The summed E-state index contributed by atoms with van der Waals surface area (Å²) in [5, 5.41) is 12.4. The first-order chi connectivity index (χ1) is 11.4. The third-order valence-electron chi connectivity index (χ3n) is 3.81. The van der Waals surface area contributed by atoms with Crippen LogP contribution in [0.3, 0.4) is 0 Å². The lowest BCUT2D eigenvalue weighted by Gasteiger charge is -2.27. The number of alkyl halides is 6. The Morgan fingerprint density at radius 3 is 2.08 bits per heavy atom.